The summed E-state index contributed by atoms with van der Waals surface area (Å²) in [6, 6.07) is -0.0652. The van der Waals surface area contributed by atoms with Crippen LogP contribution in [0.1, 0.15) is 20.3 Å². The Morgan fingerprint density at radius 3 is 2.36 bits per heavy atom. The van der Waals surface area contributed by atoms with Gasteiger partial charge in [0, 0.05) is 20.1 Å². The zero-order valence-electron chi connectivity index (χ0n) is 9.21. The maximum absolute atomic E-state index is 11.7. The summed E-state index contributed by atoms with van der Waals surface area (Å²) in [5.74, 6) is 0.0244. The van der Waals surface area contributed by atoms with Crippen LogP contribution in [0.15, 0.2) is 0 Å². The summed E-state index contributed by atoms with van der Waals surface area (Å²) in [4.78, 5) is 14.9. The zero-order chi connectivity index (χ0) is 11.1. The third-order valence-corrected chi connectivity index (χ3v) is 1.93. The highest BCUT2D eigenvalue weighted by Gasteiger charge is 2.16. The van der Waals surface area contributed by atoms with E-state index in [0.29, 0.717) is 13.1 Å². The molecule has 0 radical (unpaired) electrons. The molecule has 0 saturated heterocycles. The summed E-state index contributed by atoms with van der Waals surface area (Å²) < 4.78 is 0. The molecule has 2 amide bonds. The van der Waals surface area contributed by atoms with E-state index in [9.17, 15) is 4.79 Å². The molecule has 0 unspecified atom stereocenters. The molecule has 0 heterocycles. The molecule has 0 atom stereocenters. The van der Waals surface area contributed by atoms with Gasteiger partial charge in [0.25, 0.3) is 0 Å². The normalized spacial score (nSPS) is 9.64. The lowest BCUT2D eigenvalue weighted by Crippen LogP contribution is -2.45. The van der Waals surface area contributed by atoms with Crippen LogP contribution in [-0.4, -0.2) is 48.3 Å². The number of hydrogen-bond acceptors (Lipinski definition) is 2. The van der Waals surface area contributed by atoms with Crippen LogP contribution in [-0.2, 0) is 0 Å². The van der Waals surface area contributed by atoms with Crippen LogP contribution in [0.4, 0.5) is 4.79 Å². The molecule has 0 bridgehead atoms. The number of rotatable bonds is 5. The van der Waals surface area contributed by atoms with Gasteiger partial charge in [0.05, 0.1) is 6.54 Å². The Morgan fingerprint density at radius 1 is 1.43 bits per heavy atom. The minimum Gasteiger partial charge on any atom is -0.386 e. The third-order valence-electron chi connectivity index (χ3n) is 1.93. The van der Waals surface area contributed by atoms with Gasteiger partial charge in [-0.15, -0.1) is 0 Å². The lowest BCUT2D eigenvalue weighted by atomic mass is 10.4. The lowest BCUT2D eigenvalue weighted by Gasteiger charge is -2.26. The fourth-order valence-electron chi connectivity index (χ4n) is 1.09. The van der Waals surface area contributed by atoms with Gasteiger partial charge in [-0.05, 0) is 13.3 Å². The van der Waals surface area contributed by atoms with Crippen molar-refractivity contribution in [1.82, 2.24) is 9.80 Å². The summed E-state index contributed by atoms with van der Waals surface area (Å²) in [5.41, 5.74) is 5.27. The molecule has 0 aromatic carbocycles. The van der Waals surface area contributed by atoms with Gasteiger partial charge in [0.15, 0.2) is 0 Å². The number of carbonyl (C=O) groups excluding carboxylic acids is 1. The number of amides is 2. The Hall–Kier alpha value is -1.26. The second-order valence-electron chi connectivity index (χ2n) is 3.24. The van der Waals surface area contributed by atoms with Crippen molar-refractivity contribution in [2.75, 3.05) is 26.7 Å². The first-order chi connectivity index (χ1) is 6.52. The SMILES string of the molecule is CCCN(CC(=N)N)C(=O)N(C)CC. The molecule has 0 rings (SSSR count). The Kier molecular flexibility index (Phi) is 5.67. The van der Waals surface area contributed by atoms with Crippen LogP contribution < -0.4 is 5.73 Å². The minimum absolute atomic E-state index is 0.0244. The molecule has 14 heavy (non-hydrogen) atoms. The molecule has 0 spiro atoms. The topological polar surface area (TPSA) is 73.4 Å². The first-order valence-electron chi connectivity index (χ1n) is 4.85. The number of carbonyl (C=O) groups is 1. The van der Waals surface area contributed by atoms with Crippen molar-refractivity contribution in [2.24, 2.45) is 5.73 Å². The van der Waals surface area contributed by atoms with Crippen LogP contribution >= 0.6 is 0 Å². The largest absolute Gasteiger partial charge is 0.386 e. The van der Waals surface area contributed by atoms with E-state index in [-0.39, 0.29) is 18.4 Å². The molecule has 0 aliphatic heterocycles. The first-order valence-corrected chi connectivity index (χ1v) is 4.85. The van der Waals surface area contributed by atoms with Crippen LogP contribution in [0.3, 0.4) is 0 Å². The second-order valence-corrected chi connectivity index (χ2v) is 3.24. The summed E-state index contributed by atoms with van der Waals surface area (Å²) >= 11 is 0. The van der Waals surface area contributed by atoms with Crippen molar-refractivity contribution in [2.45, 2.75) is 20.3 Å². The Morgan fingerprint density at radius 2 is 2.00 bits per heavy atom. The highest BCUT2D eigenvalue weighted by molar-refractivity contribution is 5.84. The molecular weight excluding hydrogens is 180 g/mol. The summed E-state index contributed by atoms with van der Waals surface area (Å²) in [7, 11) is 1.74. The Bertz CT molecular complexity index is 205. The van der Waals surface area contributed by atoms with Crippen molar-refractivity contribution in [1.29, 1.82) is 5.41 Å². The first kappa shape index (κ1) is 12.7. The molecule has 0 aliphatic carbocycles. The highest BCUT2D eigenvalue weighted by atomic mass is 16.2. The number of nitrogens with zero attached hydrogens (tertiary/aromatic N) is 2. The fraction of sp³-hybridized carbons (Fsp3) is 0.778. The third kappa shape index (κ3) is 4.11. The average molecular weight is 200 g/mol. The van der Waals surface area contributed by atoms with Crippen LogP contribution in [0.25, 0.3) is 0 Å². The van der Waals surface area contributed by atoms with E-state index in [1.807, 2.05) is 13.8 Å². The fourth-order valence-corrected chi connectivity index (χ4v) is 1.09. The number of amidine groups is 1. The molecular formula is C9H20N4O. The van der Waals surface area contributed by atoms with Gasteiger partial charge >= 0.3 is 6.03 Å². The van der Waals surface area contributed by atoms with E-state index in [4.69, 9.17) is 11.1 Å². The second kappa shape index (κ2) is 6.23. The van der Waals surface area contributed by atoms with E-state index in [0.717, 1.165) is 6.42 Å². The smallest absolute Gasteiger partial charge is 0.320 e. The van der Waals surface area contributed by atoms with Crippen molar-refractivity contribution in [3.8, 4) is 0 Å². The zero-order valence-corrected chi connectivity index (χ0v) is 9.21. The van der Waals surface area contributed by atoms with E-state index in [1.165, 1.54) is 0 Å². The molecule has 0 saturated carbocycles. The van der Waals surface area contributed by atoms with Crippen LogP contribution in [0.2, 0.25) is 0 Å². The quantitative estimate of drug-likeness (QED) is 0.506. The van der Waals surface area contributed by atoms with E-state index >= 15 is 0 Å². The van der Waals surface area contributed by atoms with Crippen molar-refractivity contribution in [3.05, 3.63) is 0 Å². The predicted molar refractivity (Wildman–Crippen MR) is 57.5 cm³/mol. The molecule has 0 aromatic heterocycles. The van der Waals surface area contributed by atoms with E-state index in [1.54, 1.807) is 16.8 Å². The van der Waals surface area contributed by atoms with Gasteiger partial charge in [-0.1, -0.05) is 6.92 Å². The average Bonchev–Trinajstić information content (AvgIpc) is 2.14. The Labute approximate surface area is 85.4 Å². The van der Waals surface area contributed by atoms with E-state index < -0.39 is 0 Å². The summed E-state index contributed by atoms with van der Waals surface area (Å²) in [5, 5.41) is 7.16. The number of hydrogen-bond donors (Lipinski definition) is 2. The summed E-state index contributed by atoms with van der Waals surface area (Å²) in [6.45, 7) is 5.43. The van der Waals surface area contributed by atoms with Crippen molar-refractivity contribution in [3.63, 3.8) is 0 Å². The van der Waals surface area contributed by atoms with Gasteiger partial charge < -0.3 is 15.5 Å². The highest BCUT2D eigenvalue weighted by Crippen LogP contribution is 1.98. The molecule has 5 nitrogen and oxygen atoms in total. The van der Waals surface area contributed by atoms with Gasteiger partial charge in [-0.3, -0.25) is 5.41 Å². The molecule has 0 aromatic rings. The molecule has 3 N–H and O–H groups in total. The lowest BCUT2D eigenvalue weighted by molar-refractivity contribution is 0.171. The Balaban J connectivity index is 4.31. The molecule has 82 valence electrons. The summed E-state index contributed by atoms with van der Waals surface area (Å²) in [6.07, 6.45) is 0.872. The van der Waals surface area contributed by atoms with Gasteiger partial charge in [-0.2, -0.15) is 0 Å². The van der Waals surface area contributed by atoms with Gasteiger partial charge in [0.1, 0.15) is 5.84 Å². The van der Waals surface area contributed by atoms with E-state index in [2.05, 4.69) is 0 Å². The molecule has 0 fully saturated rings. The maximum Gasteiger partial charge on any atom is 0.320 e. The van der Waals surface area contributed by atoms with Crippen LogP contribution in [0.5, 0.6) is 0 Å². The maximum atomic E-state index is 11.7. The minimum atomic E-state index is -0.0652. The van der Waals surface area contributed by atoms with Gasteiger partial charge in [0.2, 0.25) is 0 Å². The van der Waals surface area contributed by atoms with Crippen molar-refractivity contribution >= 4 is 11.9 Å². The molecule has 5 heteroatoms. The number of urea groups is 1. The molecule has 0 aliphatic rings. The standard InChI is InChI=1S/C9H20N4O/c1-4-6-13(7-8(10)11)9(14)12(3)5-2/h4-7H2,1-3H3,(H3,10,11). The predicted octanol–water partition coefficient (Wildman–Crippen LogP) is 0.706. The number of nitrogens with one attached hydrogen (secondary N) is 1. The number of nitrogens with two attached hydrogens (primary N) is 1. The van der Waals surface area contributed by atoms with Crippen LogP contribution in [0, 0.1) is 5.41 Å². The van der Waals surface area contributed by atoms with Gasteiger partial charge in [-0.25, -0.2) is 4.79 Å². The monoisotopic (exact) mass is 200 g/mol. The van der Waals surface area contributed by atoms with Crippen molar-refractivity contribution < 1.29 is 4.79 Å².